The normalized spacial score (nSPS) is 15.5. The minimum Gasteiger partial charge on any atom is -0.481 e. The van der Waals surface area contributed by atoms with Crippen molar-refractivity contribution in [2.45, 2.75) is 19.4 Å². The van der Waals surface area contributed by atoms with Crippen LogP contribution in [-0.4, -0.2) is 28.2 Å². The lowest BCUT2D eigenvalue weighted by Gasteiger charge is -2.13. The van der Waals surface area contributed by atoms with E-state index < -0.39 is 23.9 Å². The first-order chi connectivity index (χ1) is 5.00. The summed E-state index contributed by atoms with van der Waals surface area (Å²) in [5.41, 5.74) is 5.09. The highest BCUT2D eigenvalue weighted by Gasteiger charge is 2.28. The Morgan fingerprint density at radius 3 is 1.91 bits per heavy atom. The second-order valence-electron chi connectivity index (χ2n) is 2.22. The summed E-state index contributed by atoms with van der Waals surface area (Å²) in [5, 5.41) is 16.8. The van der Waals surface area contributed by atoms with Crippen molar-refractivity contribution in [1.29, 1.82) is 0 Å². The van der Waals surface area contributed by atoms with Crippen molar-refractivity contribution < 1.29 is 19.8 Å². The maximum absolute atomic E-state index is 10.3. The lowest BCUT2D eigenvalue weighted by molar-refractivity contribution is -0.150. The SMILES string of the molecule is CC[C@H](C(=O)O)[C@@H](N)C(=O)O. The van der Waals surface area contributed by atoms with E-state index in [9.17, 15) is 9.59 Å². The molecule has 0 radical (unpaired) electrons. The van der Waals surface area contributed by atoms with Crippen LogP contribution in [0.4, 0.5) is 0 Å². The second kappa shape index (κ2) is 3.92. The van der Waals surface area contributed by atoms with Crippen LogP contribution < -0.4 is 5.73 Å². The maximum Gasteiger partial charge on any atom is 0.321 e. The van der Waals surface area contributed by atoms with Gasteiger partial charge in [-0.3, -0.25) is 9.59 Å². The molecule has 0 spiro atoms. The first-order valence-corrected chi connectivity index (χ1v) is 3.21. The number of carbonyl (C=O) groups is 2. The molecule has 0 aliphatic carbocycles. The molecular weight excluding hydrogens is 150 g/mol. The molecule has 0 amide bonds. The smallest absolute Gasteiger partial charge is 0.321 e. The van der Waals surface area contributed by atoms with E-state index >= 15 is 0 Å². The summed E-state index contributed by atoms with van der Waals surface area (Å²) in [4.78, 5) is 20.5. The lowest BCUT2D eigenvalue weighted by Crippen LogP contribution is -2.41. The monoisotopic (exact) mass is 161 g/mol. The number of aliphatic carboxylic acids is 2. The van der Waals surface area contributed by atoms with Crippen molar-refractivity contribution in [2.75, 3.05) is 0 Å². The molecule has 64 valence electrons. The molecule has 4 N–H and O–H groups in total. The summed E-state index contributed by atoms with van der Waals surface area (Å²) in [7, 11) is 0. The van der Waals surface area contributed by atoms with Crippen molar-refractivity contribution in [3.05, 3.63) is 0 Å². The molecule has 0 rings (SSSR count). The van der Waals surface area contributed by atoms with E-state index in [1.54, 1.807) is 6.92 Å². The van der Waals surface area contributed by atoms with Crippen LogP contribution >= 0.6 is 0 Å². The Labute approximate surface area is 63.8 Å². The topological polar surface area (TPSA) is 101 Å². The summed E-state index contributed by atoms with van der Waals surface area (Å²) >= 11 is 0. The molecule has 0 aliphatic heterocycles. The Hall–Kier alpha value is -1.10. The molecule has 0 aromatic carbocycles. The first-order valence-electron chi connectivity index (χ1n) is 3.21. The van der Waals surface area contributed by atoms with E-state index in [2.05, 4.69) is 0 Å². The minimum absolute atomic E-state index is 0.225. The molecule has 0 fully saturated rings. The zero-order valence-corrected chi connectivity index (χ0v) is 6.15. The van der Waals surface area contributed by atoms with E-state index in [0.29, 0.717) is 0 Å². The van der Waals surface area contributed by atoms with Gasteiger partial charge in [0, 0.05) is 0 Å². The number of carboxylic acid groups (broad SMARTS) is 2. The van der Waals surface area contributed by atoms with Gasteiger partial charge in [0.05, 0.1) is 5.92 Å². The summed E-state index contributed by atoms with van der Waals surface area (Å²) in [6, 6.07) is -1.31. The van der Waals surface area contributed by atoms with Gasteiger partial charge in [-0.15, -0.1) is 0 Å². The quantitative estimate of drug-likeness (QED) is 0.516. The summed E-state index contributed by atoms with van der Waals surface area (Å²) in [5.74, 6) is -3.44. The summed E-state index contributed by atoms with van der Waals surface area (Å²) in [6.45, 7) is 1.58. The van der Waals surface area contributed by atoms with Gasteiger partial charge in [0.25, 0.3) is 0 Å². The van der Waals surface area contributed by atoms with Gasteiger partial charge in [0.2, 0.25) is 0 Å². The molecule has 0 aromatic rings. The van der Waals surface area contributed by atoms with Crippen LogP contribution in [0.2, 0.25) is 0 Å². The van der Waals surface area contributed by atoms with Crippen LogP contribution in [0.5, 0.6) is 0 Å². The Morgan fingerprint density at radius 2 is 1.82 bits per heavy atom. The van der Waals surface area contributed by atoms with E-state index in [-0.39, 0.29) is 6.42 Å². The number of rotatable bonds is 4. The zero-order valence-electron chi connectivity index (χ0n) is 6.15. The second-order valence-corrected chi connectivity index (χ2v) is 2.22. The predicted molar refractivity (Wildman–Crippen MR) is 37.0 cm³/mol. The lowest BCUT2D eigenvalue weighted by atomic mass is 9.98. The molecule has 5 nitrogen and oxygen atoms in total. The third-order valence-corrected chi connectivity index (χ3v) is 1.48. The number of hydrogen-bond donors (Lipinski definition) is 3. The van der Waals surface area contributed by atoms with Crippen LogP contribution in [0, 0.1) is 5.92 Å². The first kappa shape index (κ1) is 9.90. The van der Waals surface area contributed by atoms with Crippen LogP contribution in [0.1, 0.15) is 13.3 Å². The number of nitrogens with two attached hydrogens (primary N) is 1. The van der Waals surface area contributed by atoms with Gasteiger partial charge >= 0.3 is 11.9 Å². The Balaban J connectivity index is 4.25. The third-order valence-electron chi connectivity index (χ3n) is 1.48. The number of hydrogen-bond acceptors (Lipinski definition) is 3. The molecule has 0 aromatic heterocycles. The molecular formula is C6H11NO4. The van der Waals surface area contributed by atoms with Gasteiger partial charge in [0.1, 0.15) is 6.04 Å². The summed E-state index contributed by atoms with van der Waals surface area (Å²) in [6.07, 6.45) is 0.225. The average Bonchev–Trinajstić information content (AvgIpc) is 1.88. The van der Waals surface area contributed by atoms with E-state index in [4.69, 9.17) is 15.9 Å². The number of carboxylic acids is 2. The molecule has 5 heteroatoms. The van der Waals surface area contributed by atoms with Crippen molar-refractivity contribution >= 4 is 11.9 Å². The fourth-order valence-corrected chi connectivity index (χ4v) is 0.754. The van der Waals surface area contributed by atoms with Gasteiger partial charge in [-0.1, -0.05) is 6.92 Å². The maximum atomic E-state index is 10.3. The van der Waals surface area contributed by atoms with Crippen LogP contribution in [-0.2, 0) is 9.59 Å². The molecule has 0 aliphatic rings. The van der Waals surface area contributed by atoms with Crippen molar-refractivity contribution in [3.63, 3.8) is 0 Å². The van der Waals surface area contributed by atoms with Gasteiger partial charge in [-0.25, -0.2) is 0 Å². The van der Waals surface area contributed by atoms with Crippen molar-refractivity contribution in [2.24, 2.45) is 11.7 Å². The van der Waals surface area contributed by atoms with Gasteiger partial charge in [-0.2, -0.15) is 0 Å². The largest absolute Gasteiger partial charge is 0.481 e. The zero-order chi connectivity index (χ0) is 9.02. The van der Waals surface area contributed by atoms with Gasteiger partial charge < -0.3 is 15.9 Å². The predicted octanol–water partition coefficient (Wildman–Crippen LogP) is -0.491. The van der Waals surface area contributed by atoms with Crippen molar-refractivity contribution in [1.82, 2.24) is 0 Å². The van der Waals surface area contributed by atoms with E-state index in [1.807, 2.05) is 0 Å². The molecule has 0 saturated heterocycles. The summed E-state index contributed by atoms with van der Waals surface area (Å²) < 4.78 is 0. The van der Waals surface area contributed by atoms with E-state index in [0.717, 1.165) is 0 Å². The van der Waals surface area contributed by atoms with Crippen LogP contribution in [0.15, 0.2) is 0 Å². The molecule has 0 saturated carbocycles. The molecule has 11 heavy (non-hydrogen) atoms. The Kier molecular flexibility index (Phi) is 3.53. The third kappa shape index (κ3) is 2.55. The fraction of sp³-hybridized carbons (Fsp3) is 0.667. The highest BCUT2D eigenvalue weighted by atomic mass is 16.4. The van der Waals surface area contributed by atoms with Crippen LogP contribution in [0.25, 0.3) is 0 Å². The van der Waals surface area contributed by atoms with Gasteiger partial charge in [-0.05, 0) is 6.42 Å². The molecule has 0 bridgehead atoms. The van der Waals surface area contributed by atoms with Crippen LogP contribution in [0.3, 0.4) is 0 Å². The highest BCUT2D eigenvalue weighted by molar-refractivity contribution is 5.82. The Bertz CT molecular complexity index is 168. The van der Waals surface area contributed by atoms with E-state index in [1.165, 1.54) is 0 Å². The fourth-order valence-electron chi connectivity index (χ4n) is 0.754. The van der Waals surface area contributed by atoms with Crippen molar-refractivity contribution in [3.8, 4) is 0 Å². The Morgan fingerprint density at radius 1 is 1.36 bits per heavy atom. The standard InChI is InChI=1S/C6H11NO4/c1-2-3(5(8)9)4(7)6(10)11/h3-4H,2,7H2,1H3,(H,8,9)(H,10,11)/t3-,4+/m0/s1. The minimum atomic E-state index is -1.31. The van der Waals surface area contributed by atoms with Gasteiger partial charge in [0.15, 0.2) is 0 Å². The molecule has 0 heterocycles. The average molecular weight is 161 g/mol. The highest BCUT2D eigenvalue weighted by Crippen LogP contribution is 2.06. The molecule has 0 unspecified atom stereocenters. The molecule has 2 atom stereocenters.